The molecule has 5 rings (SSSR count). The number of benzene rings is 2. The largest absolute Gasteiger partial charge is 0.338 e. The van der Waals surface area contributed by atoms with Crippen LogP contribution in [0.4, 0.5) is 0 Å². The second-order valence-corrected chi connectivity index (χ2v) is 12.9. The van der Waals surface area contributed by atoms with Crippen molar-refractivity contribution in [2.75, 3.05) is 24.6 Å². The van der Waals surface area contributed by atoms with Gasteiger partial charge in [-0.2, -0.15) is 0 Å². The van der Waals surface area contributed by atoms with Crippen molar-refractivity contribution in [1.82, 2.24) is 9.88 Å². The normalized spacial score (nSPS) is 23.3. The van der Waals surface area contributed by atoms with E-state index in [4.69, 9.17) is 4.98 Å². The van der Waals surface area contributed by atoms with Crippen molar-refractivity contribution in [2.24, 2.45) is 0 Å². The summed E-state index contributed by atoms with van der Waals surface area (Å²) in [5, 5.41) is 1.13. The second kappa shape index (κ2) is 8.56. The first-order valence-corrected chi connectivity index (χ1v) is 14.1. The van der Waals surface area contributed by atoms with E-state index in [1.807, 2.05) is 47.4 Å². The number of hydrogen-bond donors (Lipinski definition) is 0. The number of fused-ring (bicyclic) bond motifs is 1. The third-order valence-electron chi connectivity index (χ3n) is 5.97. The number of rotatable bonds is 4. The van der Waals surface area contributed by atoms with Crippen LogP contribution in [-0.2, 0) is 9.84 Å². The lowest BCUT2D eigenvalue weighted by atomic mass is 9.98. The minimum Gasteiger partial charge on any atom is -0.338 e. The first-order chi connectivity index (χ1) is 15.0. The SMILES string of the molecule is O=C(c1ccccc1S[C@H]1CCS(=O)(=O)C1)N1CCC[C@@H](c2nc3ccccc3s2)C1. The third-order valence-corrected chi connectivity index (χ3v) is 10.5. The van der Waals surface area contributed by atoms with Gasteiger partial charge in [0.05, 0.1) is 32.3 Å². The predicted octanol–water partition coefficient (Wildman–Crippen LogP) is 4.60. The number of carbonyl (C=O) groups is 1. The van der Waals surface area contributed by atoms with Crippen molar-refractivity contribution in [3.8, 4) is 0 Å². The Morgan fingerprint density at radius 3 is 2.71 bits per heavy atom. The van der Waals surface area contributed by atoms with Crippen LogP contribution < -0.4 is 0 Å². The monoisotopic (exact) mass is 472 g/mol. The molecule has 0 aliphatic carbocycles. The minimum absolute atomic E-state index is 0.0239. The van der Waals surface area contributed by atoms with Crippen LogP contribution in [0.2, 0.25) is 0 Å². The van der Waals surface area contributed by atoms with Gasteiger partial charge in [0.1, 0.15) is 0 Å². The van der Waals surface area contributed by atoms with Crippen molar-refractivity contribution in [2.45, 2.75) is 35.3 Å². The average Bonchev–Trinajstić information content (AvgIpc) is 3.36. The van der Waals surface area contributed by atoms with Gasteiger partial charge in [-0.3, -0.25) is 4.79 Å². The zero-order chi connectivity index (χ0) is 21.4. The highest BCUT2D eigenvalue weighted by Crippen LogP contribution is 2.36. The molecule has 162 valence electrons. The number of nitrogens with zero attached hydrogens (tertiary/aromatic N) is 2. The van der Waals surface area contributed by atoms with Crippen LogP contribution in [0.3, 0.4) is 0 Å². The molecule has 1 amide bonds. The first kappa shape index (κ1) is 21.0. The number of likely N-dealkylation sites (tertiary alicyclic amines) is 1. The molecule has 0 spiro atoms. The van der Waals surface area contributed by atoms with Gasteiger partial charge in [0, 0.05) is 29.2 Å². The van der Waals surface area contributed by atoms with Crippen LogP contribution in [-0.4, -0.2) is 54.1 Å². The molecular weight excluding hydrogens is 448 g/mol. The molecule has 0 bridgehead atoms. The van der Waals surface area contributed by atoms with Crippen LogP contribution >= 0.6 is 23.1 Å². The lowest BCUT2D eigenvalue weighted by molar-refractivity contribution is 0.0703. The van der Waals surface area contributed by atoms with E-state index < -0.39 is 9.84 Å². The Bertz CT molecular complexity index is 1190. The Morgan fingerprint density at radius 1 is 1.10 bits per heavy atom. The van der Waals surface area contributed by atoms with E-state index in [1.165, 1.54) is 16.5 Å². The smallest absolute Gasteiger partial charge is 0.255 e. The van der Waals surface area contributed by atoms with Gasteiger partial charge in [-0.1, -0.05) is 24.3 Å². The summed E-state index contributed by atoms with van der Waals surface area (Å²) < 4.78 is 24.9. The van der Waals surface area contributed by atoms with Crippen molar-refractivity contribution in [3.63, 3.8) is 0 Å². The van der Waals surface area contributed by atoms with Crippen molar-refractivity contribution in [3.05, 3.63) is 59.1 Å². The maximum atomic E-state index is 13.4. The molecule has 3 aromatic rings. The summed E-state index contributed by atoms with van der Waals surface area (Å²) in [6, 6.07) is 15.8. The zero-order valence-corrected chi connectivity index (χ0v) is 19.5. The van der Waals surface area contributed by atoms with Gasteiger partial charge in [-0.05, 0) is 43.5 Å². The number of carbonyl (C=O) groups excluding carboxylic acids is 1. The van der Waals surface area contributed by atoms with E-state index in [9.17, 15) is 13.2 Å². The van der Waals surface area contributed by atoms with Crippen LogP contribution in [0.15, 0.2) is 53.4 Å². The van der Waals surface area contributed by atoms with E-state index in [1.54, 1.807) is 11.3 Å². The number of para-hydroxylation sites is 1. The highest BCUT2D eigenvalue weighted by molar-refractivity contribution is 8.02. The van der Waals surface area contributed by atoms with E-state index in [0.29, 0.717) is 18.5 Å². The van der Waals surface area contributed by atoms with Gasteiger partial charge in [0.15, 0.2) is 9.84 Å². The third kappa shape index (κ3) is 4.52. The molecule has 5 nitrogen and oxygen atoms in total. The molecule has 2 aromatic carbocycles. The molecule has 0 radical (unpaired) electrons. The molecule has 2 saturated heterocycles. The lowest BCUT2D eigenvalue weighted by Crippen LogP contribution is -2.39. The Hall–Kier alpha value is -1.90. The highest BCUT2D eigenvalue weighted by atomic mass is 32.2. The summed E-state index contributed by atoms with van der Waals surface area (Å²) in [5.74, 6) is 0.741. The van der Waals surface area contributed by atoms with E-state index in [2.05, 4.69) is 6.07 Å². The predicted molar refractivity (Wildman–Crippen MR) is 127 cm³/mol. The summed E-state index contributed by atoms with van der Waals surface area (Å²) in [4.78, 5) is 21.1. The molecule has 2 atom stereocenters. The Kier molecular flexibility index (Phi) is 5.79. The number of amides is 1. The van der Waals surface area contributed by atoms with E-state index in [0.717, 1.165) is 34.8 Å². The maximum Gasteiger partial charge on any atom is 0.255 e. The Labute approximate surface area is 190 Å². The number of piperidine rings is 1. The summed E-state index contributed by atoms with van der Waals surface area (Å²) >= 11 is 3.26. The quantitative estimate of drug-likeness (QED) is 0.555. The molecule has 0 N–H and O–H groups in total. The molecule has 2 aliphatic rings. The van der Waals surface area contributed by atoms with Gasteiger partial charge in [-0.15, -0.1) is 23.1 Å². The molecule has 0 saturated carbocycles. The number of sulfone groups is 1. The molecule has 2 fully saturated rings. The van der Waals surface area contributed by atoms with Crippen LogP contribution in [0.5, 0.6) is 0 Å². The second-order valence-electron chi connectivity index (χ2n) is 8.25. The first-order valence-electron chi connectivity index (χ1n) is 10.6. The molecule has 31 heavy (non-hydrogen) atoms. The fourth-order valence-corrected chi connectivity index (χ4v) is 9.09. The summed E-state index contributed by atoms with van der Waals surface area (Å²) in [6.07, 6.45) is 2.65. The van der Waals surface area contributed by atoms with Crippen LogP contribution in [0.25, 0.3) is 10.2 Å². The van der Waals surface area contributed by atoms with Crippen molar-refractivity contribution in [1.29, 1.82) is 0 Å². The van der Waals surface area contributed by atoms with Gasteiger partial charge in [-0.25, -0.2) is 13.4 Å². The van der Waals surface area contributed by atoms with Gasteiger partial charge >= 0.3 is 0 Å². The molecule has 3 heterocycles. The van der Waals surface area contributed by atoms with Gasteiger partial charge in [0.25, 0.3) is 5.91 Å². The van der Waals surface area contributed by atoms with E-state index >= 15 is 0 Å². The van der Waals surface area contributed by atoms with Gasteiger partial charge in [0.2, 0.25) is 0 Å². The van der Waals surface area contributed by atoms with Gasteiger partial charge < -0.3 is 4.90 Å². The highest BCUT2D eigenvalue weighted by Gasteiger charge is 2.31. The molecule has 1 aromatic heterocycles. The molecule has 8 heteroatoms. The molecular formula is C23H24N2O3S3. The summed E-state index contributed by atoms with van der Waals surface area (Å²) in [6.45, 7) is 1.42. The number of thiazole rings is 1. The molecule has 0 unspecified atom stereocenters. The number of hydrogen-bond acceptors (Lipinski definition) is 6. The van der Waals surface area contributed by atoms with E-state index in [-0.39, 0.29) is 28.6 Å². The average molecular weight is 473 g/mol. The maximum absolute atomic E-state index is 13.4. The fourth-order valence-electron chi connectivity index (χ4n) is 4.38. The standard InChI is InChI=1S/C23H24N2O3S3/c26-23(18-7-1-3-9-20(18)29-17-11-13-31(27,28)15-17)25-12-5-6-16(14-25)22-24-19-8-2-4-10-21(19)30-22/h1-4,7-10,16-17H,5-6,11-15H2/t16-,17+/m1/s1. The summed E-state index contributed by atoms with van der Waals surface area (Å²) in [7, 11) is -2.94. The summed E-state index contributed by atoms with van der Waals surface area (Å²) in [5.41, 5.74) is 1.71. The van der Waals surface area contributed by atoms with Crippen LogP contribution in [0.1, 0.15) is 40.5 Å². The minimum atomic E-state index is -2.94. The topological polar surface area (TPSA) is 67.3 Å². The number of thioether (sulfide) groups is 1. The fraction of sp³-hybridized carbons (Fsp3) is 0.391. The Balaban J connectivity index is 1.34. The van der Waals surface area contributed by atoms with Crippen LogP contribution in [0, 0.1) is 0 Å². The van der Waals surface area contributed by atoms with Crippen molar-refractivity contribution >= 4 is 49.1 Å². The molecule has 2 aliphatic heterocycles. The lowest BCUT2D eigenvalue weighted by Gasteiger charge is -2.32. The Morgan fingerprint density at radius 2 is 1.90 bits per heavy atom. The number of aromatic nitrogens is 1. The zero-order valence-electron chi connectivity index (χ0n) is 17.1. The van der Waals surface area contributed by atoms with Crippen molar-refractivity contribution < 1.29 is 13.2 Å².